The van der Waals surface area contributed by atoms with Gasteiger partial charge in [0.25, 0.3) is 0 Å². The van der Waals surface area contributed by atoms with Gasteiger partial charge in [-0.05, 0) is 49.5 Å². The summed E-state index contributed by atoms with van der Waals surface area (Å²) in [5.74, 6) is -1.78. The highest BCUT2D eigenvalue weighted by molar-refractivity contribution is 7.08. The molecular weight excluding hydrogens is 434 g/mol. The number of rotatable bonds is 4. The van der Waals surface area contributed by atoms with E-state index in [9.17, 15) is 14.4 Å². The topological polar surface area (TPSA) is 94.7 Å². The van der Waals surface area contributed by atoms with E-state index in [0.29, 0.717) is 12.0 Å². The van der Waals surface area contributed by atoms with Crippen molar-refractivity contribution in [2.45, 2.75) is 62.7 Å². The van der Waals surface area contributed by atoms with Gasteiger partial charge in [0.15, 0.2) is 6.10 Å². The van der Waals surface area contributed by atoms with E-state index in [-0.39, 0.29) is 30.2 Å². The summed E-state index contributed by atoms with van der Waals surface area (Å²) in [6.45, 7) is 3.75. The molecule has 0 amide bonds. The number of nitrogens with zero attached hydrogens (tertiary/aromatic N) is 1. The minimum atomic E-state index is -0.704. The average molecular weight is 462 g/mol. The van der Waals surface area contributed by atoms with Crippen molar-refractivity contribution < 1.29 is 33.3 Å². The van der Waals surface area contributed by atoms with Crippen molar-refractivity contribution >= 4 is 29.2 Å². The molecule has 1 aromatic heterocycles. The lowest BCUT2D eigenvalue weighted by Gasteiger charge is -2.32. The van der Waals surface area contributed by atoms with Crippen LogP contribution in [0.3, 0.4) is 0 Å². The summed E-state index contributed by atoms with van der Waals surface area (Å²) >= 11 is 1.52. The molecule has 32 heavy (non-hydrogen) atoms. The summed E-state index contributed by atoms with van der Waals surface area (Å²) in [7, 11) is 3.68. The van der Waals surface area contributed by atoms with E-state index in [2.05, 4.69) is 0 Å². The lowest BCUT2D eigenvalue weighted by Crippen LogP contribution is -2.49. The molecule has 8 atom stereocenters. The molecule has 0 radical (unpaired) electrons. The van der Waals surface area contributed by atoms with Crippen molar-refractivity contribution in [1.29, 1.82) is 0 Å². The van der Waals surface area contributed by atoms with Crippen molar-refractivity contribution in [3.63, 3.8) is 0 Å². The van der Waals surface area contributed by atoms with Crippen LogP contribution >= 0.6 is 11.3 Å². The fourth-order valence-electron chi connectivity index (χ4n) is 5.40. The number of epoxide rings is 1. The molecule has 3 aliphatic heterocycles. The lowest BCUT2D eigenvalue weighted by molar-refractivity contribution is -0.153. The summed E-state index contributed by atoms with van der Waals surface area (Å²) in [6.07, 6.45) is 0.260. The number of fused-ring (bicyclic) bond motifs is 4. The first-order valence-electron chi connectivity index (χ1n) is 10.9. The van der Waals surface area contributed by atoms with Crippen LogP contribution in [-0.2, 0) is 39.8 Å². The van der Waals surface area contributed by atoms with Gasteiger partial charge in [0.05, 0.1) is 29.6 Å². The molecule has 0 aromatic carbocycles. The maximum atomic E-state index is 12.9. The van der Waals surface area contributed by atoms with Crippen LogP contribution in [-0.4, -0.2) is 73.0 Å². The predicted octanol–water partition coefficient (Wildman–Crippen LogP) is 1.72. The number of thiophene rings is 1. The second kappa shape index (κ2) is 7.67. The number of likely N-dealkylation sites (N-methyl/N-ethyl adjacent to an activating group) is 1. The van der Waals surface area contributed by atoms with Crippen LogP contribution in [0.1, 0.15) is 25.8 Å². The fraction of sp³-hybridized carbons (Fsp3) is 0.609. The summed E-state index contributed by atoms with van der Waals surface area (Å²) in [4.78, 5) is 40.0. The Morgan fingerprint density at radius 2 is 2.09 bits per heavy atom. The summed E-state index contributed by atoms with van der Waals surface area (Å²) in [5, 5.41) is 3.82. The molecule has 0 saturated carbocycles. The molecule has 4 aliphatic rings. The van der Waals surface area contributed by atoms with Crippen LogP contribution in [0.4, 0.5) is 0 Å². The van der Waals surface area contributed by atoms with Gasteiger partial charge in [-0.1, -0.05) is 6.92 Å². The third kappa shape index (κ3) is 3.56. The van der Waals surface area contributed by atoms with E-state index in [0.717, 1.165) is 5.56 Å². The zero-order chi connectivity index (χ0) is 22.8. The van der Waals surface area contributed by atoms with Gasteiger partial charge in [0, 0.05) is 12.3 Å². The third-order valence-corrected chi connectivity index (χ3v) is 7.81. The van der Waals surface area contributed by atoms with Gasteiger partial charge in [-0.3, -0.25) is 14.5 Å². The van der Waals surface area contributed by atoms with E-state index in [4.69, 9.17) is 18.9 Å². The van der Waals surface area contributed by atoms with Gasteiger partial charge in [-0.15, -0.1) is 0 Å². The Balaban J connectivity index is 1.50. The van der Waals surface area contributed by atoms with Crippen LogP contribution in [0.5, 0.6) is 0 Å². The molecular formula is C23H27NO7S. The van der Waals surface area contributed by atoms with Crippen LogP contribution in [0.2, 0.25) is 0 Å². The summed E-state index contributed by atoms with van der Waals surface area (Å²) in [6, 6.07) is 1.35. The fourth-order valence-corrected chi connectivity index (χ4v) is 6.06. The highest BCUT2D eigenvalue weighted by Crippen LogP contribution is 2.51. The van der Waals surface area contributed by atoms with Crippen LogP contribution in [0.25, 0.3) is 0 Å². The zero-order valence-corrected chi connectivity index (χ0v) is 19.3. The standard InChI is InChI=1S/C23H27NO7S/c1-11-17-14-8-13(22(27)28-14)18(24(3)4)19(30-16(25)7-12-5-6-32-10-12)20-23(2,31-20)9-15(17)29-21(11)26/h5-6,8,10-11,14-15,17-20H,7,9H2,1-4H3/t11?,14-,15+,17+,18+,19-,20+,23+/m1/s1. The molecule has 0 spiro atoms. The van der Waals surface area contributed by atoms with Crippen molar-refractivity contribution in [2.75, 3.05) is 14.1 Å². The highest BCUT2D eigenvalue weighted by Gasteiger charge is 2.65. The van der Waals surface area contributed by atoms with E-state index >= 15 is 0 Å². The summed E-state index contributed by atoms with van der Waals surface area (Å²) < 4.78 is 23.5. The molecule has 5 rings (SSSR count). The number of hydrogen-bond donors (Lipinski definition) is 0. The average Bonchev–Trinajstić information content (AvgIpc) is 3.05. The highest BCUT2D eigenvalue weighted by atomic mass is 32.1. The molecule has 8 nitrogen and oxygen atoms in total. The van der Waals surface area contributed by atoms with Gasteiger partial charge in [0.2, 0.25) is 0 Å². The molecule has 2 fully saturated rings. The Labute approximate surface area is 190 Å². The third-order valence-electron chi connectivity index (χ3n) is 7.08. The number of hydrogen-bond acceptors (Lipinski definition) is 9. The first-order chi connectivity index (χ1) is 15.2. The number of esters is 3. The maximum Gasteiger partial charge on any atom is 0.336 e. The Bertz CT molecular complexity index is 973. The Morgan fingerprint density at radius 3 is 2.78 bits per heavy atom. The Kier molecular flexibility index (Phi) is 5.18. The Hall–Kier alpha value is -2.23. The quantitative estimate of drug-likeness (QED) is 0.380. The number of carbonyl (C=O) groups excluding carboxylic acids is 3. The van der Waals surface area contributed by atoms with Crippen molar-refractivity contribution in [1.82, 2.24) is 4.90 Å². The minimum Gasteiger partial charge on any atom is -0.462 e. The van der Waals surface area contributed by atoms with Gasteiger partial charge in [-0.25, -0.2) is 4.79 Å². The van der Waals surface area contributed by atoms with E-state index in [1.165, 1.54) is 11.3 Å². The van der Waals surface area contributed by atoms with Crippen LogP contribution in [0.15, 0.2) is 28.5 Å². The van der Waals surface area contributed by atoms with Crippen LogP contribution in [0, 0.1) is 11.8 Å². The molecule has 2 bridgehead atoms. The largest absolute Gasteiger partial charge is 0.462 e. The molecule has 1 aliphatic carbocycles. The van der Waals surface area contributed by atoms with Gasteiger partial charge in [-0.2, -0.15) is 11.3 Å². The van der Waals surface area contributed by atoms with Crippen LogP contribution < -0.4 is 0 Å². The van der Waals surface area contributed by atoms with Crippen molar-refractivity contribution in [2.24, 2.45) is 11.8 Å². The number of ether oxygens (including phenoxy) is 4. The zero-order valence-electron chi connectivity index (χ0n) is 18.5. The maximum absolute atomic E-state index is 12.9. The van der Waals surface area contributed by atoms with E-state index in [1.54, 1.807) is 6.08 Å². The second-order valence-corrected chi connectivity index (χ2v) is 10.3. The number of carbonyl (C=O) groups is 3. The minimum absolute atomic E-state index is 0.148. The van der Waals surface area contributed by atoms with Gasteiger partial charge in [0.1, 0.15) is 18.3 Å². The van der Waals surface area contributed by atoms with Gasteiger partial charge >= 0.3 is 17.9 Å². The molecule has 172 valence electrons. The van der Waals surface area contributed by atoms with Crippen molar-refractivity contribution in [3.8, 4) is 0 Å². The molecule has 0 N–H and O–H groups in total. The SMILES string of the molecule is CC1C(=O)O[C@H]2C[C@]3(C)O[C@H]3[C@H](OC(=O)Cc3ccsc3)[C@@H](N(C)C)C3=C[C@@H](OC3=O)[C@H]12. The lowest BCUT2D eigenvalue weighted by atomic mass is 9.79. The predicted molar refractivity (Wildman–Crippen MR) is 114 cm³/mol. The molecule has 4 heterocycles. The monoisotopic (exact) mass is 461 g/mol. The normalized spacial score (nSPS) is 40.2. The van der Waals surface area contributed by atoms with Crippen molar-refractivity contribution in [3.05, 3.63) is 34.0 Å². The van der Waals surface area contributed by atoms with Gasteiger partial charge < -0.3 is 18.9 Å². The summed E-state index contributed by atoms with van der Waals surface area (Å²) in [5.41, 5.74) is 0.684. The molecule has 1 aromatic rings. The first-order valence-corrected chi connectivity index (χ1v) is 11.8. The Morgan fingerprint density at radius 1 is 1.31 bits per heavy atom. The second-order valence-electron chi connectivity index (χ2n) is 9.56. The molecule has 9 heteroatoms. The molecule has 1 unspecified atom stereocenters. The van der Waals surface area contributed by atoms with E-state index in [1.807, 2.05) is 49.7 Å². The molecule has 2 saturated heterocycles. The smallest absolute Gasteiger partial charge is 0.336 e. The first kappa shape index (κ1) is 21.6. The van der Waals surface area contributed by atoms with E-state index < -0.39 is 42.0 Å².